The third-order valence-corrected chi connectivity index (χ3v) is 2.36. The maximum atomic E-state index is 13.0. The van der Waals surface area contributed by atoms with Gasteiger partial charge in [-0.15, -0.1) is 0 Å². The first-order valence-electron chi connectivity index (χ1n) is 5.40. The van der Waals surface area contributed by atoms with Crippen molar-refractivity contribution in [1.29, 1.82) is 0 Å². The van der Waals surface area contributed by atoms with Crippen LogP contribution in [0.5, 0.6) is 0 Å². The normalized spacial score (nSPS) is 10.4. The van der Waals surface area contributed by atoms with Crippen LogP contribution < -0.4 is 5.73 Å². The topological polar surface area (TPSA) is 35.2 Å². The van der Waals surface area contributed by atoms with Crippen LogP contribution in [0.1, 0.15) is 11.1 Å². The first-order chi connectivity index (χ1) is 8.24. The Hall–Kier alpha value is -1.87. The second-order valence-electron chi connectivity index (χ2n) is 3.87. The van der Waals surface area contributed by atoms with E-state index in [2.05, 4.69) is 0 Å². The monoisotopic (exact) mass is 231 g/mol. The fourth-order valence-corrected chi connectivity index (χ4v) is 1.62. The highest BCUT2D eigenvalue weighted by Crippen LogP contribution is 2.12. The van der Waals surface area contributed by atoms with Gasteiger partial charge in [0.1, 0.15) is 5.82 Å². The van der Waals surface area contributed by atoms with Crippen LogP contribution in [0, 0.1) is 5.82 Å². The molecular formula is C14H14FNO. The summed E-state index contributed by atoms with van der Waals surface area (Å²) in [6.07, 6.45) is 0. The Bertz CT molecular complexity index is 465. The molecule has 0 bridgehead atoms. The summed E-state index contributed by atoms with van der Waals surface area (Å²) in [5.74, 6) is -0.330. The molecule has 0 spiro atoms. The number of halogens is 1. The second kappa shape index (κ2) is 5.46. The number of nitrogens with two attached hydrogens (primary N) is 1. The summed E-state index contributed by atoms with van der Waals surface area (Å²) in [4.78, 5) is 0. The molecule has 0 fully saturated rings. The zero-order valence-electron chi connectivity index (χ0n) is 9.40. The molecule has 0 saturated heterocycles. The van der Waals surface area contributed by atoms with Gasteiger partial charge < -0.3 is 10.5 Å². The Morgan fingerprint density at radius 1 is 0.941 bits per heavy atom. The molecule has 3 heteroatoms. The van der Waals surface area contributed by atoms with Crippen LogP contribution in [-0.4, -0.2) is 0 Å². The maximum Gasteiger partial charge on any atom is 0.125 e. The summed E-state index contributed by atoms with van der Waals surface area (Å²) in [5, 5.41) is 0. The molecule has 0 heterocycles. The van der Waals surface area contributed by atoms with Crippen LogP contribution in [0.25, 0.3) is 0 Å². The van der Waals surface area contributed by atoms with Gasteiger partial charge in [0.05, 0.1) is 13.2 Å². The average Bonchev–Trinajstić information content (AvgIpc) is 2.29. The number of hydrogen-bond acceptors (Lipinski definition) is 2. The highest BCUT2D eigenvalue weighted by Gasteiger charge is 1.99. The van der Waals surface area contributed by atoms with Gasteiger partial charge in [-0.3, -0.25) is 0 Å². The Morgan fingerprint density at radius 2 is 1.65 bits per heavy atom. The molecule has 0 aliphatic heterocycles. The van der Waals surface area contributed by atoms with E-state index < -0.39 is 0 Å². The van der Waals surface area contributed by atoms with Crippen molar-refractivity contribution < 1.29 is 9.13 Å². The van der Waals surface area contributed by atoms with E-state index >= 15 is 0 Å². The molecule has 0 saturated carbocycles. The molecule has 2 N–H and O–H groups in total. The summed E-state index contributed by atoms with van der Waals surface area (Å²) in [6, 6.07) is 14.3. The zero-order valence-corrected chi connectivity index (χ0v) is 9.40. The van der Waals surface area contributed by atoms with E-state index in [1.165, 1.54) is 12.1 Å². The van der Waals surface area contributed by atoms with Crippen LogP contribution in [0.3, 0.4) is 0 Å². The van der Waals surface area contributed by atoms with Crippen molar-refractivity contribution in [2.24, 2.45) is 0 Å². The largest absolute Gasteiger partial charge is 0.399 e. The molecule has 2 aromatic rings. The molecule has 17 heavy (non-hydrogen) atoms. The molecular weight excluding hydrogens is 217 g/mol. The Kier molecular flexibility index (Phi) is 3.73. The number of hydrogen-bond donors (Lipinski definition) is 1. The van der Waals surface area contributed by atoms with Crippen molar-refractivity contribution in [3.8, 4) is 0 Å². The van der Waals surface area contributed by atoms with Gasteiger partial charge in [0, 0.05) is 5.69 Å². The minimum Gasteiger partial charge on any atom is -0.399 e. The SMILES string of the molecule is Nc1cc(F)cc(COCc2ccccc2)c1. The molecule has 0 aliphatic rings. The van der Waals surface area contributed by atoms with Crippen molar-refractivity contribution >= 4 is 5.69 Å². The number of rotatable bonds is 4. The van der Waals surface area contributed by atoms with Crippen molar-refractivity contribution in [2.45, 2.75) is 13.2 Å². The van der Waals surface area contributed by atoms with Crippen molar-refractivity contribution in [2.75, 3.05) is 5.73 Å². The summed E-state index contributed by atoms with van der Waals surface area (Å²) in [5.41, 5.74) is 7.81. The highest BCUT2D eigenvalue weighted by atomic mass is 19.1. The van der Waals surface area contributed by atoms with Crippen molar-refractivity contribution in [1.82, 2.24) is 0 Å². The summed E-state index contributed by atoms with van der Waals surface area (Å²) >= 11 is 0. The summed E-state index contributed by atoms with van der Waals surface area (Å²) in [7, 11) is 0. The van der Waals surface area contributed by atoms with E-state index in [4.69, 9.17) is 10.5 Å². The lowest BCUT2D eigenvalue weighted by atomic mass is 10.2. The highest BCUT2D eigenvalue weighted by molar-refractivity contribution is 5.41. The first-order valence-corrected chi connectivity index (χ1v) is 5.40. The Morgan fingerprint density at radius 3 is 2.35 bits per heavy atom. The van der Waals surface area contributed by atoms with Crippen LogP contribution in [-0.2, 0) is 18.0 Å². The van der Waals surface area contributed by atoms with Crippen molar-refractivity contribution in [3.05, 3.63) is 65.5 Å². The van der Waals surface area contributed by atoms with Crippen LogP contribution >= 0.6 is 0 Å². The molecule has 0 aliphatic carbocycles. The molecule has 0 aromatic heterocycles. The van der Waals surface area contributed by atoms with E-state index in [-0.39, 0.29) is 5.82 Å². The number of benzene rings is 2. The zero-order chi connectivity index (χ0) is 12.1. The lowest BCUT2D eigenvalue weighted by Crippen LogP contribution is -1.96. The lowest BCUT2D eigenvalue weighted by Gasteiger charge is -2.05. The first kappa shape index (κ1) is 11.6. The maximum absolute atomic E-state index is 13.0. The molecule has 2 aromatic carbocycles. The molecule has 0 unspecified atom stereocenters. The minimum atomic E-state index is -0.330. The van der Waals surface area contributed by atoms with Gasteiger partial charge in [0.2, 0.25) is 0 Å². The third-order valence-electron chi connectivity index (χ3n) is 2.36. The van der Waals surface area contributed by atoms with Gasteiger partial charge in [-0.25, -0.2) is 4.39 Å². The number of anilines is 1. The van der Waals surface area contributed by atoms with Crippen LogP contribution in [0.15, 0.2) is 48.5 Å². The van der Waals surface area contributed by atoms with Gasteiger partial charge >= 0.3 is 0 Å². The van der Waals surface area contributed by atoms with Gasteiger partial charge in [0.25, 0.3) is 0 Å². The average molecular weight is 231 g/mol. The lowest BCUT2D eigenvalue weighted by molar-refractivity contribution is 0.107. The third kappa shape index (κ3) is 3.57. The predicted molar refractivity (Wildman–Crippen MR) is 65.7 cm³/mol. The van der Waals surface area contributed by atoms with Gasteiger partial charge in [-0.2, -0.15) is 0 Å². The standard InChI is InChI=1S/C14H14FNO/c15-13-6-12(7-14(16)8-13)10-17-9-11-4-2-1-3-5-11/h1-8H,9-10,16H2. The van der Waals surface area contributed by atoms with E-state index in [1.807, 2.05) is 30.3 Å². The fraction of sp³-hybridized carbons (Fsp3) is 0.143. The summed E-state index contributed by atoms with van der Waals surface area (Å²) < 4.78 is 18.5. The Labute approximate surface area is 99.8 Å². The van der Waals surface area contributed by atoms with Crippen LogP contribution in [0.4, 0.5) is 10.1 Å². The number of nitrogen functional groups attached to an aromatic ring is 1. The molecule has 88 valence electrons. The second-order valence-corrected chi connectivity index (χ2v) is 3.87. The number of ether oxygens (including phenoxy) is 1. The van der Waals surface area contributed by atoms with E-state index in [9.17, 15) is 4.39 Å². The van der Waals surface area contributed by atoms with Gasteiger partial charge in [0.15, 0.2) is 0 Å². The molecule has 2 nitrogen and oxygen atoms in total. The van der Waals surface area contributed by atoms with E-state index in [1.54, 1.807) is 6.07 Å². The predicted octanol–water partition coefficient (Wildman–Crippen LogP) is 3.12. The van der Waals surface area contributed by atoms with E-state index in [0.29, 0.717) is 18.9 Å². The van der Waals surface area contributed by atoms with Gasteiger partial charge in [-0.05, 0) is 29.3 Å². The van der Waals surface area contributed by atoms with E-state index in [0.717, 1.165) is 11.1 Å². The quantitative estimate of drug-likeness (QED) is 0.820. The summed E-state index contributed by atoms with van der Waals surface area (Å²) in [6.45, 7) is 0.869. The smallest absolute Gasteiger partial charge is 0.125 e. The molecule has 2 rings (SSSR count). The Balaban J connectivity index is 1.90. The van der Waals surface area contributed by atoms with Crippen molar-refractivity contribution in [3.63, 3.8) is 0 Å². The fourth-order valence-electron chi connectivity index (χ4n) is 1.62. The molecule has 0 amide bonds. The molecule has 0 radical (unpaired) electrons. The molecule has 0 atom stereocenters. The minimum absolute atomic E-state index is 0.330. The van der Waals surface area contributed by atoms with Crippen LogP contribution in [0.2, 0.25) is 0 Å². The van der Waals surface area contributed by atoms with Gasteiger partial charge in [-0.1, -0.05) is 30.3 Å².